The number of carbonyl (C=O) groups is 1. The molecule has 0 aliphatic carbocycles. The molecule has 4 rings (SSSR count). The molecule has 1 atom stereocenters. The first kappa shape index (κ1) is 22.4. The van der Waals surface area contributed by atoms with Crippen LogP contribution < -0.4 is 14.8 Å². The molecule has 0 spiro atoms. The van der Waals surface area contributed by atoms with Crippen LogP contribution in [-0.2, 0) is 6.54 Å². The van der Waals surface area contributed by atoms with E-state index < -0.39 is 0 Å². The minimum Gasteiger partial charge on any atom is -0.497 e. The van der Waals surface area contributed by atoms with Crippen molar-refractivity contribution < 1.29 is 14.3 Å². The van der Waals surface area contributed by atoms with Gasteiger partial charge in [-0.05, 0) is 80.4 Å². The van der Waals surface area contributed by atoms with Crippen molar-refractivity contribution in [2.24, 2.45) is 0 Å². The third-order valence-corrected chi connectivity index (χ3v) is 5.83. The van der Waals surface area contributed by atoms with Gasteiger partial charge in [-0.15, -0.1) is 0 Å². The maximum atomic E-state index is 12.8. The van der Waals surface area contributed by atoms with Crippen molar-refractivity contribution in [3.05, 3.63) is 89.2 Å². The number of hydrogen-bond acceptors (Lipinski definition) is 4. The lowest BCUT2D eigenvalue weighted by Crippen LogP contribution is -2.29. The van der Waals surface area contributed by atoms with Gasteiger partial charge in [0.05, 0.1) is 30.7 Å². The van der Waals surface area contributed by atoms with E-state index >= 15 is 0 Å². The third kappa shape index (κ3) is 5.00. The molecule has 1 aromatic heterocycles. The van der Waals surface area contributed by atoms with Gasteiger partial charge >= 0.3 is 0 Å². The van der Waals surface area contributed by atoms with Crippen LogP contribution in [0, 0.1) is 13.8 Å². The Bertz CT molecular complexity index is 1260. The summed E-state index contributed by atoms with van der Waals surface area (Å²) in [4.78, 5) is 17.6. The van der Waals surface area contributed by atoms with Gasteiger partial charge < -0.3 is 19.4 Å². The number of methoxy groups -OCH3 is 1. The van der Waals surface area contributed by atoms with Crippen LogP contribution in [0.5, 0.6) is 11.5 Å². The van der Waals surface area contributed by atoms with E-state index in [0.717, 1.165) is 22.6 Å². The van der Waals surface area contributed by atoms with Crippen LogP contribution >= 0.6 is 0 Å². The van der Waals surface area contributed by atoms with Crippen molar-refractivity contribution in [1.82, 2.24) is 14.9 Å². The first-order valence-corrected chi connectivity index (χ1v) is 11.1. The molecule has 0 saturated heterocycles. The van der Waals surface area contributed by atoms with Crippen molar-refractivity contribution in [3.63, 3.8) is 0 Å². The molecule has 1 unspecified atom stereocenters. The zero-order valence-electron chi connectivity index (χ0n) is 19.5. The highest BCUT2D eigenvalue weighted by atomic mass is 16.5. The largest absolute Gasteiger partial charge is 0.497 e. The van der Waals surface area contributed by atoms with E-state index in [0.29, 0.717) is 24.5 Å². The van der Waals surface area contributed by atoms with Gasteiger partial charge in [-0.1, -0.05) is 18.2 Å². The van der Waals surface area contributed by atoms with Gasteiger partial charge in [-0.25, -0.2) is 4.98 Å². The van der Waals surface area contributed by atoms with E-state index in [1.165, 1.54) is 11.1 Å². The Labute approximate surface area is 194 Å². The molecule has 6 heteroatoms. The first-order chi connectivity index (χ1) is 16.0. The number of hydrogen-bond donors (Lipinski definition) is 1. The van der Waals surface area contributed by atoms with E-state index in [4.69, 9.17) is 14.5 Å². The number of amides is 1. The number of nitrogens with one attached hydrogen (secondary N) is 1. The van der Waals surface area contributed by atoms with Crippen LogP contribution in [0.3, 0.4) is 0 Å². The summed E-state index contributed by atoms with van der Waals surface area (Å²) in [5.74, 6) is 2.20. The molecule has 3 aromatic carbocycles. The molecular weight excluding hydrogens is 414 g/mol. The minimum atomic E-state index is -0.284. The minimum absolute atomic E-state index is 0.157. The maximum Gasteiger partial charge on any atom is 0.251 e. The van der Waals surface area contributed by atoms with Crippen LogP contribution in [0.1, 0.15) is 40.3 Å². The van der Waals surface area contributed by atoms with Gasteiger partial charge in [0.1, 0.15) is 23.9 Å². The highest BCUT2D eigenvalue weighted by molar-refractivity contribution is 5.94. The zero-order chi connectivity index (χ0) is 23.4. The van der Waals surface area contributed by atoms with E-state index in [1.54, 1.807) is 31.4 Å². The average molecular weight is 444 g/mol. The fraction of sp³-hybridized carbons (Fsp3) is 0.259. The Morgan fingerprint density at radius 1 is 1.00 bits per heavy atom. The Balaban J connectivity index is 1.52. The van der Waals surface area contributed by atoms with E-state index in [1.807, 2.05) is 37.3 Å². The number of carbonyl (C=O) groups excluding carboxylic acids is 1. The van der Waals surface area contributed by atoms with Gasteiger partial charge in [0, 0.05) is 5.56 Å². The summed E-state index contributed by atoms with van der Waals surface area (Å²) in [6.45, 7) is 7.23. The number of aromatic nitrogens is 2. The Morgan fingerprint density at radius 2 is 1.73 bits per heavy atom. The molecule has 4 aromatic rings. The number of imidazole rings is 1. The van der Waals surface area contributed by atoms with E-state index in [2.05, 4.69) is 35.9 Å². The smallest absolute Gasteiger partial charge is 0.251 e. The van der Waals surface area contributed by atoms with Crippen LogP contribution in [0.15, 0.2) is 66.7 Å². The fourth-order valence-electron chi connectivity index (χ4n) is 3.81. The predicted octanol–water partition coefficient (Wildman–Crippen LogP) is 5.23. The van der Waals surface area contributed by atoms with E-state index in [-0.39, 0.29) is 11.9 Å². The van der Waals surface area contributed by atoms with Gasteiger partial charge in [0.25, 0.3) is 5.91 Å². The molecule has 0 aliphatic heterocycles. The Kier molecular flexibility index (Phi) is 6.63. The van der Waals surface area contributed by atoms with Gasteiger partial charge in [0.2, 0.25) is 0 Å². The standard InChI is InChI=1S/C27H29N3O3/c1-18-9-12-23(17-19(18)2)33-16-15-30-25-8-6-5-7-24(25)29-26(30)20(3)28-27(31)21-10-13-22(32-4)14-11-21/h5-14,17,20H,15-16H2,1-4H3,(H,28,31). The number of rotatable bonds is 8. The Morgan fingerprint density at radius 3 is 2.45 bits per heavy atom. The van der Waals surface area contributed by atoms with Crippen molar-refractivity contribution >= 4 is 16.9 Å². The van der Waals surface area contributed by atoms with E-state index in [9.17, 15) is 4.79 Å². The van der Waals surface area contributed by atoms with Crippen molar-refractivity contribution in [1.29, 1.82) is 0 Å². The maximum absolute atomic E-state index is 12.8. The predicted molar refractivity (Wildman–Crippen MR) is 130 cm³/mol. The second kappa shape index (κ2) is 9.77. The molecular formula is C27H29N3O3. The Hall–Kier alpha value is -3.80. The quantitative estimate of drug-likeness (QED) is 0.405. The normalized spacial score (nSPS) is 11.9. The summed E-state index contributed by atoms with van der Waals surface area (Å²) in [5.41, 5.74) is 4.93. The molecule has 6 nitrogen and oxygen atoms in total. The van der Waals surface area contributed by atoms with Crippen molar-refractivity contribution in [2.75, 3.05) is 13.7 Å². The highest BCUT2D eigenvalue weighted by Gasteiger charge is 2.19. The average Bonchev–Trinajstić information content (AvgIpc) is 3.20. The second-order valence-electron chi connectivity index (χ2n) is 8.13. The lowest BCUT2D eigenvalue weighted by atomic mass is 10.1. The molecule has 0 fully saturated rings. The van der Waals surface area contributed by atoms with Crippen molar-refractivity contribution in [2.45, 2.75) is 33.4 Å². The number of aryl methyl sites for hydroxylation is 2. The molecule has 33 heavy (non-hydrogen) atoms. The number of ether oxygens (including phenoxy) is 2. The van der Waals surface area contributed by atoms with Crippen molar-refractivity contribution in [3.8, 4) is 11.5 Å². The number of benzene rings is 3. The number of nitrogens with zero attached hydrogens (tertiary/aromatic N) is 2. The lowest BCUT2D eigenvalue weighted by molar-refractivity contribution is 0.0937. The van der Waals surface area contributed by atoms with Gasteiger partial charge in [0.15, 0.2) is 0 Å². The number of para-hydroxylation sites is 2. The monoisotopic (exact) mass is 443 g/mol. The summed E-state index contributed by atoms with van der Waals surface area (Å²) in [5, 5.41) is 3.07. The molecule has 1 heterocycles. The van der Waals surface area contributed by atoms with Crippen LogP contribution in [0.4, 0.5) is 0 Å². The first-order valence-electron chi connectivity index (χ1n) is 11.1. The molecule has 0 aliphatic rings. The van der Waals surface area contributed by atoms with Crippen LogP contribution in [-0.4, -0.2) is 29.2 Å². The summed E-state index contributed by atoms with van der Waals surface area (Å²) >= 11 is 0. The molecule has 1 N–H and O–H groups in total. The topological polar surface area (TPSA) is 65.4 Å². The molecule has 1 amide bonds. The third-order valence-electron chi connectivity index (χ3n) is 5.83. The fourth-order valence-corrected chi connectivity index (χ4v) is 3.81. The summed E-state index contributed by atoms with van der Waals surface area (Å²) < 4.78 is 13.3. The molecule has 0 bridgehead atoms. The molecule has 170 valence electrons. The van der Waals surface area contributed by atoms with Crippen LogP contribution in [0.25, 0.3) is 11.0 Å². The lowest BCUT2D eigenvalue weighted by Gasteiger charge is -2.17. The molecule has 0 saturated carbocycles. The van der Waals surface area contributed by atoms with Crippen LogP contribution in [0.2, 0.25) is 0 Å². The SMILES string of the molecule is COc1ccc(C(=O)NC(C)c2nc3ccccc3n2CCOc2ccc(C)c(C)c2)cc1. The van der Waals surface area contributed by atoms with Gasteiger partial charge in [-0.3, -0.25) is 4.79 Å². The number of fused-ring (bicyclic) bond motifs is 1. The summed E-state index contributed by atoms with van der Waals surface area (Å²) in [6.07, 6.45) is 0. The second-order valence-corrected chi connectivity index (χ2v) is 8.13. The summed E-state index contributed by atoms with van der Waals surface area (Å²) in [6, 6.07) is 20.9. The van der Waals surface area contributed by atoms with Gasteiger partial charge in [-0.2, -0.15) is 0 Å². The highest BCUT2D eigenvalue weighted by Crippen LogP contribution is 2.22. The molecule has 0 radical (unpaired) electrons. The zero-order valence-corrected chi connectivity index (χ0v) is 19.5. The summed E-state index contributed by atoms with van der Waals surface area (Å²) in [7, 11) is 1.60.